The van der Waals surface area contributed by atoms with Crippen molar-refractivity contribution in [3.05, 3.63) is 0 Å². The van der Waals surface area contributed by atoms with E-state index in [0.29, 0.717) is 0 Å². The Morgan fingerprint density at radius 1 is 1.25 bits per heavy atom. The molecule has 2 nitrogen and oxygen atoms in total. The lowest BCUT2D eigenvalue weighted by atomic mass is 13.9. The van der Waals surface area contributed by atoms with E-state index < -0.39 is 0 Å². The molecule has 4 heteroatoms. The molecule has 0 amide bonds. The summed E-state index contributed by atoms with van der Waals surface area (Å²) in [6.07, 6.45) is 0. The Morgan fingerprint density at radius 3 is 1.25 bits per heavy atom. The van der Waals surface area contributed by atoms with Crippen LogP contribution in [-0.4, -0.2) is 28.5 Å². The van der Waals surface area contributed by atoms with Crippen LogP contribution in [0.1, 0.15) is 0 Å². The van der Waals surface area contributed by atoms with E-state index in [9.17, 15) is 0 Å². The third kappa shape index (κ3) is 11.2. The molecular formula is H8MgNOP. The zero-order valence-corrected chi connectivity index (χ0v) is 2.81. The van der Waals surface area contributed by atoms with Crippen LogP contribution in [0.2, 0.25) is 0 Å². The van der Waals surface area contributed by atoms with Crippen molar-refractivity contribution < 1.29 is 5.48 Å². The highest BCUT2D eigenvalue weighted by atomic mass is 31.0. The van der Waals surface area contributed by atoms with Crippen molar-refractivity contribution in [2.45, 2.75) is 0 Å². The molecule has 0 spiro atoms. The fourth-order valence-electron chi connectivity index (χ4n) is 0. The number of hydrogen-bond acceptors (Lipinski definition) is 1. The van der Waals surface area contributed by atoms with Gasteiger partial charge in [-0.1, -0.05) is 9.39 Å². The van der Waals surface area contributed by atoms with Crippen LogP contribution in [0.5, 0.6) is 0 Å². The lowest BCUT2D eigenvalue weighted by Gasteiger charge is -1.20. The lowest BCUT2D eigenvalue weighted by molar-refractivity contribution is 0.824. The summed E-state index contributed by atoms with van der Waals surface area (Å²) in [5.74, 6) is 0. The molecule has 0 bridgehead atoms. The first-order valence-electron chi connectivity index (χ1n) is 0.333. The van der Waals surface area contributed by atoms with Crippen LogP contribution in [-0.2, 0) is 0 Å². The Bertz CT molecular complexity index is 8.00. The van der Waals surface area contributed by atoms with Crippen LogP contribution >= 0.6 is 9.39 Å². The van der Waals surface area contributed by atoms with Gasteiger partial charge in [0.25, 0.3) is 0 Å². The molecule has 0 heterocycles. The van der Waals surface area contributed by atoms with E-state index >= 15 is 0 Å². The normalized spacial score (nSPS) is 1.50. The van der Waals surface area contributed by atoms with Crippen LogP contribution in [0.15, 0.2) is 0 Å². The van der Waals surface area contributed by atoms with Crippen molar-refractivity contribution in [3.8, 4) is 0 Å². The van der Waals surface area contributed by atoms with E-state index in [1.54, 1.807) is 0 Å². The van der Waals surface area contributed by atoms with Gasteiger partial charge in [-0.05, 0) is 0 Å². The molecule has 4 heavy (non-hydrogen) atoms. The molecular weight excluding hydrogens is 85.3 g/mol. The molecule has 0 aromatic carbocycles. The summed E-state index contributed by atoms with van der Waals surface area (Å²) in [5.41, 5.74) is 4.42. The number of hydrogen-bond donors (Lipinski definition) is 1. The van der Waals surface area contributed by atoms with Gasteiger partial charge < -0.3 is 11.0 Å². The molecule has 0 aliphatic rings. The summed E-state index contributed by atoms with van der Waals surface area (Å²) in [4.78, 5) is 0. The average molecular weight is 93.3 g/mol. The average Bonchev–Trinajstić information content (AvgIpc) is 1.00. The maximum absolute atomic E-state index is 4.42. The van der Waals surface area contributed by atoms with Crippen molar-refractivity contribution in [2.75, 3.05) is 0 Å². The Hall–Kier alpha value is 1.12. The third-order valence-corrected chi connectivity index (χ3v) is 0. The summed E-state index contributed by atoms with van der Waals surface area (Å²) in [7, 11) is 1.92. The van der Waals surface area contributed by atoms with Gasteiger partial charge in [0.15, 0.2) is 0 Å². The molecule has 0 fully saturated rings. The standard InChI is InChI=1S/Mg.H4NP.H2O.2H/c;1-2;;;/h;1-2H2;1H2;;. The second kappa shape index (κ2) is 32.1. The molecule has 1 unspecified atom stereocenters. The van der Waals surface area contributed by atoms with Crippen molar-refractivity contribution in [1.29, 1.82) is 0 Å². The lowest BCUT2D eigenvalue weighted by Crippen LogP contribution is -1.45. The first kappa shape index (κ1) is 19.4. The minimum atomic E-state index is 0. The molecule has 26 valence electrons. The van der Waals surface area contributed by atoms with Crippen molar-refractivity contribution in [2.24, 2.45) is 5.50 Å². The van der Waals surface area contributed by atoms with Crippen LogP contribution < -0.4 is 5.50 Å². The van der Waals surface area contributed by atoms with Crippen molar-refractivity contribution >= 4 is 32.4 Å². The van der Waals surface area contributed by atoms with E-state index in [-0.39, 0.29) is 28.5 Å². The van der Waals surface area contributed by atoms with Crippen LogP contribution in [0.4, 0.5) is 0 Å². The molecule has 0 saturated carbocycles. The molecule has 0 aliphatic heterocycles. The zero-order valence-electron chi connectivity index (χ0n) is 1.65. The predicted octanol–water partition coefficient (Wildman–Crippen LogP) is -2.01. The first-order chi connectivity index (χ1) is 1.00. The van der Waals surface area contributed by atoms with E-state index in [0.717, 1.165) is 0 Å². The molecule has 0 aromatic rings. The third-order valence-electron chi connectivity index (χ3n) is 0. The van der Waals surface area contributed by atoms with Crippen LogP contribution in [0.3, 0.4) is 0 Å². The minimum Gasteiger partial charge on any atom is -0.412 e. The number of nitrogens with two attached hydrogens (primary N) is 1. The van der Waals surface area contributed by atoms with E-state index in [1.165, 1.54) is 0 Å². The first-order valence-corrected chi connectivity index (χ1v) is 1.00. The van der Waals surface area contributed by atoms with Gasteiger partial charge in [0.2, 0.25) is 0 Å². The zero-order chi connectivity index (χ0) is 2.00. The SMILES string of the molecule is NP.O.[MgH2]. The van der Waals surface area contributed by atoms with Gasteiger partial charge in [0, 0.05) is 0 Å². The summed E-state index contributed by atoms with van der Waals surface area (Å²) < 4.78 is 0. The Labute approximate surface area is 43.9 Å². The second-order valence-corrected chi connectivity index (χ2v) is 0. The highest BCUT2D eigenvalue weighted by molar-refractivity contribution is 7.13. The Kier molecular flexibility index (Phi) is 155. The molecule has 1 atom stereocenters. The second-order valence-electron chi connectivity index (χ2n) is 0. The molecule has 0 rings (SSSR count). The Balaban J connectivity index is -0.00000000500. The Morgan fingerprint density at radius 2 is 1.25 bits per heavy atom. The molecule has 0 saturated heterocycles. The summed E-state index contributed by atoms with van der Waals surface area (Å²) in [6.45, 7) is 0. The van der Waals surface area contributed by atoms with Crippen molar-refractivity contribution in [3.63, 3.8) is 0 Å². The van der Waals surface area contributed by atoms with Gasteiger partial charge in [0.05, 0.1) is 0 Å². The molecule has 0 radical (unpaired) electrons. The highest BCUT2D eigenvalue weighted by Gasteiger charge is 0.814. The monoisotopic (exact) mass is 93.0 g/mol. The quantitative estimate of drug-likeness (QED) is 0.273. The largest absolute Gasteiger partial charge is 0.412 e. The molecule has 0 aromatic heterocycles. The van der Waals surface area contributed by atoms with E-state index in [4.69, 9.17) is 0 Å². The van der Waals surface area contributed by atoms with Crippen LogP contribution in [0, 0.1) is 0 Å². The fraction of sp³-hybridized carbons (Fsp3) is 0. The maximum atomic E-state index is 4.42. The van der Waals surface area contributed by atoms with Gasteiger partial charge in [-0.15, -0.1) is 0 Å². The van der Waals surface area contributed by atoms with E-state index in [2.05, 4.69) is 5.50 Å². The molecule has 4 N–H and O–H groups in total. The number of rotatable bonds is 0. The van der Waals surface area contributed by atoms with Crippen LogP contribution in [0.25, 0.3) is 0 Å². The predicted molar refractivity (Wildman–Crippen MR) is 26.1 cm³/mol. The smallest absolute Gasteiger partial charge is 0.316 e. The minimum absolute atomic E-state index is 0. The van der Waals surface area contributed by atoms with Gasteiger partial charge in [-0.25, -0.2) is 0 Å². The topological polar surface area (TPSA) is 57.5 Å². The fourth-order valence-corrected chi connectivity index (χ4v) is 0. The maximum Gasteiger partial charge on any atom is 0.316 e. The van der Waals surface area contributed by atoms with Gasteiger partial charge in [0.1, 0.15) is 0 Å². The summed E-state index contributed by atoms with van der Waals surface area (Å²) >= 11 is 0. The summed E-state index contributed by atoms with van der Waals surface area (Å²) in [6, 6.07) is 0. The van der Waals surface area contributed by atoms with Crippen molar-refractivity contribution in [1.82, 2.24) is 0 Å². The van der Waals surface area contributed by atoms with Gasteiger partial charge in [-0.2, -0.15) is 0 Å². The highest BCUT2D eigenvalue weighted by Crippen LogP contribution is 1.29. The summed E-state index contributed by atoms with van der Waals surface area (Å²) in [5, 5.41) is 0. The van der Waals surface area contributed by atoms with Gasteiger partial charge in [-0.3, -0.25) is 0 Å². The molecule has 0 aliphatic carbocycles. The van der Waals surface area contributed by atoms with E-state index in [1.807, 2.05) is 9.39 Å². The van der Waals surface area contributed by atoms with Gasteiger partial charge >= 0.3 is 23.1 Å².